The molecule has 0 aliphatic heterocycles. The molecule has 0 saturated heterocycles. The molecule has 2 aromatic rings. The summed E-state index contributed by atoms with van der Waals surface area (Å²) in [5.41, 5.74) is 8.50. The number of aryl methyl sites for hydroxylation is 2. The van der Waals surface area contributed by atoms with Gasteiger partial charge in [0.1, 0.15) is 16.4 Å². The van der Waals surface area contributed by atoms with Gasteiger partial charge in [-0.15, -0.1) is 0 Å². The molecule has 3 nitrogen and oxygen atoms in total. The zero-order valence-electron chi connectivity index (χ0n) is 10.3. The van der Waals surface area contributed by atoms with Crippen LogP contribution in [0.15, 0.2) is 36.4 Å². The first-order chi connectivity index (χ1) is 8.56. The first-order valence-electron chi connectivity index (χ1n) is 5.58. The van der Waals surface area contributed by atoms with Crippen molar-refractivity contribution >= 4 is 17.2 Å². The predicted molar refractivity (Wildman–Crippen MR) is 76.1 cm³/mol. The van der Waals surface area contributed by atoms with E-state index in [1.54, 1.807) is 12.1 Å². The molecule has 2 N–H and O–H groups in total. The molecule has 0 amide bonds. The maximum absolute atomic E-state index is 5.68. The molecule has 0 unspecified atom stereocenters. The molecule has 1 aromatic heterocycles. The summed E-state index contributed by atoms with van der Waals surface area (Å²) >= 11 is 4.88. The number of thiocarbonyl (C=S) groups is 1. The molecule has 4 heteroatoms. The molecular weight excluding hydrogens is 244 g/mol. The number of rotatable bonds is 3. The molecule has 1 aromatic carbocycles. The number of nitrogens with two attached hydrogens (primary N) is 1. The van der Waals surface area contributed by atoms with Crippen LogP contribution < -0.4 is 10.5 Å². The Labute approximate surface area is 112 Å². The van der Waals surface area contributed by atoms with E-state index in [-0.39, 0.29) is 4.99 Å². The van der Waals surface area contributed by atoms with E-state index in [2.05, 4.69) is 11.9 Å². The smallest absolute Gasteiger partial charge is 0.219 e. The zero-order valence-corrected chi connectivity index (χ0v) is 11.1. The van der Waals surface area contributed by atoms with Crippen LogP contribution in [0.2, 0.25) is 0 Å². The number of nitrogens with zero attached hydrogens (tertiary/aromatic N) is 1. The lowest BCUT2D eigenvalue weighted by Crippen LogP contribution is -2.11. The largest absolute Gasteiger partial charge is 0.439 e. The quantitative estimate of drug-likeness (QED) is 0.859. The lowest BCUT2D eigenvalue weighted by atomic mass is 10.1. The molecule has 0 aliphatic rings. The van der Waals surface area contributed by atoms with Gasteiger partial charge in [0.2, 0.25) is 5.88 Å². The fraction of sp³-hybridized carbons (Fsp3) is 0.143. The first-order valence-corrected chi connectivity index (χ1v) is 5.99. The van der Waals surface area contributed by atoms with Crippen molar-refractivity contribution in [1.29, 1.82) is 0 Å². The molecular formula is C14H14N2OS. The van der Waals surface area contributed by atoms with Crippen molar-refractivity contribution < 1.29 is 4.74 Å². The van der Waals surface area contributed by atoms with Crippen LogP contribution in [0, 0.1) is 13.8 Å². The van der Waals surface area contributed by atoms with Crippen molar-refractivity contribution in [2.24, 2.45) is 5.73 Å². The van der Waals surface area contributed by atoms with Gasteiger partial charge in [-0.1, -0.05) is 24.4 Å². The predicted octanol–water partition coefficient (Wildman–Crippen LogP) is 3.12. The van der Waals surface area contributed by atoms with Gasteiger partial charge in [-0.05, 0) is 43.2 Å². The van der Waals surface area contributed by atoms with E-state index in [4.69, 9.17) is 22.7 Å². The monoisotopic (exact) mass is 258 g/mol. The lowest BCUT2D eigenvalue weighted by Gasteiger charge is -2.08. The van der Waals surface area contributed by atoms with Gasteiger partial charge in [0.25, 0.3) is 0 Å². The van der Waals surface area contributed by atoms with Crippen molar-refractivity contribution in [3.8, 4) is 11.6 Å². The molecule has 0 bridgehead atoms. The minimum Gasteiger partial charge on any atom is -0.439 e. The van der Waals surface area contributed by atoms with Crippen molar-refractivity contribution in [3.05, 3.63) is 53.2 Å². The third kappa shape index (κ3) is 2.84. The SMILES string of the molecule is Cc1ccc(Oc2cccc(C(N)=S)n2)cc1C. The third-order valence-electron chi connectivity index (χ3n) is 2.68. The van der Waals surface area contributed by atoms with Crippen LogP contribution in [-0.2, 0) is 0 Å². The fourth-order valence-electron chi connectivity index (χ4n) is 1.51. The number of pyridine rings is 1. The highest BCUT2D eigenvalue weighted by Crippen LogP contribution is 2.22. The van der Waals surface area contributed by atoms with Crippen LogP contribution in [0.1, 0.15) is 16.8 Å². The van der Waals surface area contributed by atoms with Crippen molar-refractivity contribution in [1.82, 2.24) is 4.98 Å². The van der Waals surface area contributed by atoms with E-state index in [1.807, 2.05) is 31.2 Å². The summed E-state index contributed by atoms with van der Waals surface area (Å²) in [4.78, 5) is 4.50. The van der Waals surface area contributed by atoms with Crippen molar-refractivity contribution in [3.63, 3.8) is 0 Å². The number of benzene rings is 1. The average Bonchev–Trinajstić information content (AvgIpc) is 2.34. The second-order valence-corrected chi connectivity index (χ2v) is 4.51. The van der Waals surface area contributed by atoms with Crippen LogP contribution in [0.25, 0.3) is 0 Å². The minimum absolute atomic E-state index is 0.264. The van der Waals surface area contributed by atoms with E-state index in [0.29, 0.717) is 11.6 Å². The van der Waals surface area contributed by atoms with Crippen molar-refractivity contribution in [2.75, 3.05) is 0 Å². The third-order valence-corrected chi connectivity index (χ3v) is 2.89. The van der Waals surface area contributed by atoms with E-state index in [0.717, 1.165) is 5.75 Å². The van der Waals surface area contributed by atoms with Gasteiger partial charge in [0.05, 0.1) is 0 Å². The molecule has 0 radical (unpaired) electrons. The Morgan fingerprint density at radius 2 is 1.94 bits per heavy atom. The summed E-state index contributed by atoms with van der Waals surface area (Å²) < 4.78 is 5.68. The van der Waals surface area contributed by atoms with Gasteiger partial charge in [-0.3, -0.25) is 0 Å². The first kappa shape index (κ1) is 12.5. The highest BCUT2D eigenvalue weighted by Gasteiger charge is 2.03. The highest BCUT2D eigenvalue weighted by molar-refractivity contribution is 7.80. The molecule has 0 fully saturated rings. The topological polar surface area (TPSA) is 48.1 Å². The maximum Gasteiger partial charge on any atom is 0.219 e. The summed E-state index contributed by atoms with van der Waals surface area (Å²) in [6.07, 6.45) is 0. The number of hydrogen-bond donors (Lipinski definition) is 1. The Morgan fingerprint density at radius 3 is 2.61 bits per heavy atom. The Bertz CT molecular complexity index is 596. The van der Waals surface area contributed by atoms with Gasteiger partial charge in [0.15, 0.2) is 0 Å². The summed E-state index contributed by atoms with van der Waals surface area (Å²) in [5, 5.41) is 0. The van der Waals surface area contributed by atoms with E-state index < -0.39 is 0 Å². The summed E-state index contributed by atoms with van der Waals surface area (Å²) in [5.74, 6) is 1.24. The van der Waals surface area contributed by atoms with E-state index >= 15 is 0 Å². The van der Waals surface area contributed by atoms with Gasteiger partial charge in [0, 0.05) is 6.07 Å². The van der Waals surface area contributed by atoms with Gasteiger partial charge in [-0.25, -0.2) is 4.98 Å². The second-order valence-electron chi connectivity index (χ2n) is 4.07. The van der Waals surface area contributed by atoms with Crippen LogP contribution in [0.5, 0.6) is 11.6 Å². The van der Waals surface area contributed by atoms with E-state index in [1.165, 1.54) is 11.1 Å². The maximum atomic E-state index is 5.68. The lowest BCUT2D eigenvalue weighted by molar-refractivity contribution is 0.462. The van der Waals surface area contributed by atoms with Crippen LogP contribution in [0.3, 0.4) is 0 Å². The van der Waals surface area contributed by atoms with Crippen LogP contribution in [-0.4, -0.2) is 9.97 Å². The molecule has 18 heavy (non-hydrogen) atoms. The van der Waals surface area contributed by atoms with Crippen LogP contribution in [0.4, 0.5) is 0 Å². The summed E-state index contributed by atoms with van der Waals surface area (Å²) in [6, 6.07) is 11.3. The summed E-state index contributed by atoms with van der Waals surface area (Å²) in [7, 11) is 0. The van der Waals surface area contributed by atoms with Gasteiger partial charge >= 0.3 is 0 Å². The molecule has 1 heterocycles. The number of aromatic nitrogens is 1. The highest BCUT2D eigenvalue weighted by atomic mass is 32.1. The number of ether oxygens (including phenoxy) is 1. The Morgan fingerprint density at radius 1 is 1.17 bits per heavy atom. The zero-order chi connectivity index (χ0) is 13.1. The Hall–Kier alpha value is -1.94. The summed E-state index contributed by atoms with van der Waals surface area (Å²) in [6.45, 7) is 4.10. The standard InChI is InChI=1S/C14H14N2OS/c1-9-6-7-11(8-10(9)2)17-13-5-3-4-12(16-13)14(15)18/h3-8H,1-2H3,(H2,15,18). The molecule has 0 atom stereocenters. The van der Waals surface area contributed by atoms with Gasteiger partial charge in [-0.2, -0.15) is 0 Å². The van der Waals surface area contributed by atoms with Gasteiger partial charge < -0.3 is 10.5 Å². The minimum atomic E-state index is 0.264. The molecule has 0 saturated carbocycles. The molecule has 0 aliphatic carbocycles. The normalized spacial score (nSPS) is 10.1. The van der Waals surface area contributed by atoms with Crippen molar-refractivity contribution in [2.45, 2.75) is 13.8 Å². The molecule has 92 valence electrons. The second kappa shape index (κ2) is 5.14. The fourth-order valence-corrected chi connectivity index (χ4v) is 1.62. The average molecular weight is 258 g/mol. The van der Waals surface area contributed by atoms with E-state index in [9.17, 15) is 0 Å². The van der Waals surface area contributed by atoms with Crippen LogP contribution >= 0.6 is 12.2 Å². The Balaban J connectivity index is 2.25. The molecule has 2 rings (SSSR count). The Kier molecular flexibility index (Phi) is 3.58. The molecule has 0 spiro atoms. The number of hydrogen-bond acceptors (Lipinski definition) is 3.